The molecule has 0 spiro atoms. The molecular weight excluding hydrogens is 134 g/mol. The number of carbonyl (C=O) groups is 1. The van der Waals surface area contributed by atoms with Crippen molar-refractivity contribution < 1.29 is 4.79 Å². The quantitative estimate of drug-likeness (QED) is 0.164. The first-order valence-electron chi connectivity index (χ1n) is 2.57. The molecule has 0 fully saturated rings. The van der Waals surface area contributed by atoms with Gasteiger partial charge in [0.05, 0.1) is 0 Å². The van der Waals surface area contributed by atoms with Crippen molar-refractivity contribution in [2.75, 3.05) is 7.05 Å². The van der Waals surface area contributed by atoms with E-state index in [0.29, 0.717) is 0 Å². The van der Waals surface area contributed by atoms with Crippen LogP contribution in [-0.4, -0.2) is 13.0 Å². The second kappa shape index (κ2) is 3.57. The fourth-order valence-corrected chi connectivity index (χ4v) is 0.405. The van der Waals surface area contributed by atoms with Crippen molar-refractivity contribution in [3.05, 3.63) is 11.5 Å². The molecule has 0 aliphatic heterocycles. The lowest BCUT2D eigenvalue weighted by atomic mass is 10.4. The molecule has 0 aromatic heterocycles. The molecule has 0 saturated carbocycles. The van der Waals surface area contributed by atoms with Crippen LogP contribution in [0.15, 0.2) is 11.5 Å². The topological polar surface area (TPSA) is 119 Å². The van der Waals surface area contributed by atoms with Gasteiger partial charge >= 0.3 is 0 Å². The molecule has 6 heteroatoms. The first-order chi connectivity index (χ1) is 4.63. The summed E-state index contributed by atoms with van der Waals surface area (Å²) in [4.78, 5) is 10.7. The van der Waals surface area contributed by atoms with Gasteiger partial charge in [-0.1, -0.05) is 0 Å². The van der Waals surface area contributed by atoms with Crippen LogP contribution >= 0.6 is 0 Å². The first kappa shape index (κ1) is 8.57. The van der Waals surface area contributed by atoms with Gasteiger partial charge in [-0.2, -0.15) is 0 Å². The highest BCUT2D eigenvalue weighted by Crippen LogP contribution is 1.84. The molecule has 0 aromatic carbocycles. The molecular formula is C4H11N5O. The van der Waals surface area contributed by atoms with E-state index in [1.165, 1.54) is 7.05 Å². The van der Waals surface area contributed by atoms with Gasteiger partial charge in [-0.15, -0.1) is 0 Å². The van der Waals surface area contributed by atoms with Gasteiger partial charge in [0, 0.05) is 7.05 Å². The molecule has 0 atom stereocenters. The molecule has 6 nitrogen and oxygen atoms in total. The normalized spacial score (nSPS) is 8.20. The number of hydrogen-bond acceptors (Lipinski definition) is 5. The Morgan fingerprint density at radius 1 is 1.40 bits per heavy atom. The second-order valence-electron chi connectivity index (χ2n) is 1.55. The fourth-order valence-electron chi connectivity index (χ4n) is 0.405. The van der Waals surface area contributed by atoms with E-state index in [4.69, 9.17) is 17.3 Å². The largest absolute Gasteiger partial charge is 0.384 e. The molecule has 0 bridgehead atoms. The molecule has 0 heterocycles. The van der Waals surface area contributed by atoms with E-state index < -0.39 is 5.91 Å². The maximum absolute atomic E-state index is 10.7. The van der Waals surface area contributed by atoms with Crippen LogP contribution in [0.4, 0.5) is 0 Å². The van der Waals surface area contributed by atoms with Crippen molar-refractivity contribution in [1.29, 1.82) is 0 Å². The van der Waals surface area contributed by atoms with Crippen molar-refractivity contribution in [1.82, 2.24) is 10.7 Å². The van der Waals surface area contributed by atoms with Crippen LogP contribution in [0.5, 0.6) is 0 Å². The number of hydrazine groups is 1. The lowest BCUT2D eigenvalue weighted by Crippen LogP contribution is -2.37. The summed E-state index contributed by atoms with van der Waals surface area (Å²) >= 11 is 0. The van der Waals surface area contributed by atoms with Gasteiger partial charge in [0.2, 0.25) is 0 Å². The Kier molecular flexibility index (Phi) is 3.06. The average molecular weight is 145 g/mol. The number of carbonyl (C=O) groups excluding carboxylic acids is 1. The third-order valence-corrected chi connectivity index (χ3v) is 0.887. The van der Waals surface area contributed by atoms with Crippen LogP contribution in [-0.2, 0) is 4.79 Å². The molecule has 58 valence electrons. The molecule has 1 amide bonds. The molecule has 0 unspecified atom stereocenters. The van der Waals surface area contributed by atoms with Crippen LogP contribution in [0.1, 0.15) is 0 Å². The lowest BCUT2D eigenvalue weighted by Gasteiger charge is -2.04. The summed E-state index contributed by atoms with van der Waals surface area (Å²) in [6, 6.07) is 0. The Morgan fingerprint density at radius 2 is 1.90 bits per heavy atom. The van der Waals surface area contributed by atoms with Crippen molar-refractivity contribution in [3.8, 4) is 0 Å². The SMILES string of the molecule is CNC(=O)C(NN)=C(N)N. The van der Waals surface area contributed by atoms with Gasteiger partial charge in [-0.3, -0.25) is 10.6 Å². The summed E-state index contributed by atoms with van der Waals surface area (Å²) in [6.07, 6.45) is 0. The van der Waals surface area contributed by atoms with Crippen molar-refractivity contribution in [2.24, 2.45) is 17.3 Å². The van der Waals surface area contributed by atoms with Gasteiger partial charge in [0.25, 0.3) is 5.91 Å². The van der Waals surface area contributed by atoms with E-state index in [9.17, 15) is 4.79 Å². The minimum absolute atomic E-state index is 0.0255. The first-order valence-corrected chi connectivity index (χ1v) is 2.57. The van der Waals surface area contributed by atoms with E-state index in [1.54, 1.807) is 0 Å². The van der Waals surface area contributed by atoms with Crippen molar-refractivity contribution in [2.45, 2.75) is 0 Å². The lowest BCUT2D eigenvalue weighted by molar-refractivity contribution is -0.117. The number of hydrogen-bond donors (Lipinski definition) is 5. The van der Waals surface area contributed by atoms with Gasteiger partial charge < -0.3 is 22.2 Å². The summed E-state index contributed by atoms with van der Waals surface area (Å²) in [5.41, 5.74) is 12.2. The third kappa shape index (κ3) is 1.82. The zero-order chi connectivity index (χ0) is 8.15. The highest BCUT2D eigenvalue weighted by molar-refractivity contribution is 5.92. The number of amides is 1. The van der Waals surface area contributed by atoms with Crippen LogP contribution in [0.25, 0.3) is 0 Å². The average Bonchev–Trinajstić information content (AvgIpc) is 1.88. The molecule has 8 N–H and O–H groups in total. The van der Waals surface area contributed by atoms with E-state index in [0.717, 1.165) is 0 Å². The molecule has 0 aliphatic rings. The second-order valence-corrected chi connectivity index (χ2v) is 1.55. The molecule has 0 rings (SSSR count). The van der Waals surface area contributed by atoms with Crippen LogP contribution in [0.3, 0.4) is 0 Å². The zero-order valence-electron chi connectivity index (χ0n) is 5.64. The zero-order valence-corrected chi connectivity index (χ0v) is 5.64. The van der Waals surface area contributed by atoms with Crippen LogP contribution in [0, 0.1) is 0 Å². The smallest absolute Gasteiger partial charge is 0.272 e. The predicted octanol–water partition coefficient (Wildman–Crippen LogP) is -2.72. The number of nitrogens with one attached hydrogen (secondary N) is 2. The molecule has 0 saturated heterocycles. The van der Waals surface area contributed by atoms with Gasteiger partial charge in [-0.05, 0) is 0 Å². The van der Waals surface area contributed by atoms with Gasteiger partial charge in [0.15, 0.2) is 5.70 Å². The maximum Gasteiger partial charge on any atom is 0.272 e. The summed E-state index contributed by atoms with van der Waals surface area (Å²) in [6.45, 7) is 0. The number of rotatable bonds is 2. The van der Waals surface area contributed by atoms with Gasteiger partial charge in [-0.25, -0.2) is 0 Å². The van der Waals surface area contributed by atoms with Crippen LogP contribution < -0.4 is 28.1 Å². The monoisotopic (exact) mass is 145 g/mol. The minimum Gasteiger partial charge on any atom is -0.384 e. The van der Waals surface area contributed by atoms with Crippen molar-refractivity contribution >= 4 is 5.91 Å². The Hall–Kier alpha value is -1.43. The van der Waals surface area contributed by atoms with E-state index in [-0.39, 0.29) is 11.5 Å². The number of nitrogens with two attached hydrogens (primary N) is 3. The fraction of sp³-hybridized carbons (Fsp3) is 0.250. The summed E-state index contributed by atoms with van der Waals surface area (Å²) < 4.78 is 0. The van der Waals surface area contributed by atoms with E-state index >= 15 is 0 Å². The summed E-state index contributed by atoms with van der Waals surface area (Å²) in [7, 11) is 1.45. The highest BCUT2D eigenvalue weighted by Gasteiger charge is 2.07. The predicted molar refractivity (Wildman–Crippen MR) is 36.8 cm³/mol. The Labute approximate surface area is 58.4 Å². The van der Waals surface area contributed by atoms with Crippen molar-refractivity contribution in [3.63, 3.8) is 0 Å². The Balaban J connectivity index is 4.37. The van der Waals surface area contributed by atoms with Crippen LogP contribution in [0.2, 0.25) is 0 Å². The molecule has 0 radical (unpaired) electrons. The Morgan fingerprint density at radius 3 is 2.00 bits per heavy atom. The minimum atomic E-state index is -0.442. The maximum atomic E-state index is 10.7. The summed E-state index contributed by atoms with van der Waals surface area (Å²) in [5, 5.41) is 2.30. The molecule has 0 aromatic rings. The standard InChI is InChI=1S/C4H11N5O/c1-8-4(10)2(9-7)3(5)6/h9H,5-7H2,1H3,(H,8,10). The third-order valence-electron chi connectivity index (χ3n) is 0.887. The number of likely N-dealkylation sites (N-methyl/N-ethyl adjacent to an activating group) is 1. The molecule has 0 aliphatic carbocycles. The van der Waals surface area contributed by atoms with E-state index in [2.05, 4.69) is 10.7 Å². The highest BCUT2D eigenvalue weighted by atomic mass is 16.2. The Bertz CT molecular complexity index is 159. The molecule has 10 heavy (non-hydrogen) atoms. The summed E-state index contributed by atoms with van der Waals surface area (Å²) in [5.74, 6) is 4.34. The van der Waals surface area contributed by atoms with Gasteiger partial charge in [0.1, 0.15) is 5.82 Å². The van der Waals surface area contributed by atoms with E-state index in [1.807, 2.05) is 0 Å².